The van der Waals surface area contributed by atoms with Crippen LogP contribution in [0.3, 0.4) is 0 Å². The first-order valence-corrected chi connectivity index (χ1v) is 7.06. The highest BCUT2D eigenvalue weighted by Crippen LogP contribution is 2.38. The van der Waals surface area contributed by atoms with Crippen molar-refractivity contribution in [2.45, 2.75) is 29.8 Å². The van der Waals surface area contributed by atoms with Crippen LogP contribution in [0.4, 0.5) is 0 Å². The molecule has 2 N–H and O–H groups in total. The Kier molecular flexibility index (Phi) is 3.07. The lowest BCUT2D eigenvalue weighted by molar-refractivity contribution is -0.122. The Morgan fingerprint density at radius 3 is 3.06 bits per heavy atom. The van der Waals surface area contributed by atoms with Crippen LogP contribution in [-0.2, 0) is 4.79 Å². The molecule has 0 aromatic heterocycles. The first kappa shape index (κ1) is 11.1. The van der Waals surface area contributed by atoms with Crippen LogP contribution in [-0.4, -0.2) is 24.2 Å². The lowest BCUT2D eigenvalue weighted by Gasteiger charge is -2.26. The number of rotatable bonds is 2. The lowest BCUT2D eigenvalue weighted by atomic mass is 10.0. The Morgan fingerprint density at radius 2 is 2.24 bits per heavy atom. The third-order valence-electron chi connectivity index (χ3n) is 3.40. The summed E-state index contributed by atoms with van der Waals surface area (Å²) in [6, 6.07) is 9.44. The van der Waals surface area contributed by atoms with E-state index in [2.05, 4.69) is 34.9 Å². The van der Waals surface area contributed by atoms with Gasteiger partial charge in [0.1, 0.15) is 0 Å². The van der Waals surface area contributed by atoms with Crippen molar-refractivity contribution >= 4 is 17.7 Å². The van der Waals surface area contributed by atoms with Gasteiger partial charge in [-0.15, -0.1) is 11.8 Å². The molecule has 1 saturated heterocycles. The summed E-state index contributed by atoms with van der Waals surface area (Å²) in [6.07, 6.45) is 1.61. The number of fused-ring (bicyclic) bond motifs is 1. The van der Waals surface area contributed by atoms with Gasteiger partial charge in [0, 0.05) is 35.7 Å². The summed E-state index contributed by atoms with van der Waals surface area (Å²) in [7, 11) is 0. The van der Waals surface area contributed by atoms with Gasteiger partial charge in [0.25, 0.3) is 0 Å². The fourth-order valence-corrected chi connectivity index (χ4v) is 3.63. The molecule has 0 saturated carbocycles. The molecule has 2 aliphatic rings. The lowest BCUT2D eigenvalue weighted by Crippen LogP contribution is -2.46. The van der Waals surface area contributed by atoms with Gasteiger partial charge in [-0.25, -0.2) is 0 Å². The van der Waals surface area contributed by atoms with Crippen molar-refractivity contribution < 1.29 is 4.79 Å². The largest absolute Gasteiger partial charge is 0.355 e. The van der Waals surface area contributed by atoms with E-state index in [4.69, 9.17) is 0 Å². The molecule has 2 unspecified atom stereocenters. The van der Waals surface area contributed by atoms with Crippen LogP contribution >= 0.6 is 11.8 Å². The van der Waals surface area contributed by atoms with Crippen LogP contribution in [0.25, 0.3) is 0 Å². The summed E-state index contributed by atoms with van der Waals surface area (Å²) < 4.78 is 0. The molecular formula is C13H16N2OS. The van der Waals surface area contributed by atoms with Crippen molar-refractivity contribution in [2.75, 3.05) is 12.3 Å². The van der Waals surface area contributed by atoms with E-state index in [1.807, 2.05) is 11.8 Å². The first-order chi connectivity index (χ1) is 8.33. The maximum Gasteiger partial charge on any atom is 0.220 e. The van der Waals surface area contributed by atoms with Crippen molar-refractivity contribution in [3.05, 3.63) is 29.8 Å². The molecule has 17 heavy (non-hydrogen) atoms. The number of amides is 1. The summed E-state index contributed by atoms with van der Waals surface area (Å²) in [5.74, 6) is 1.29. The van der Waals surface area contributed by atoms with E-state index >= 15 is 0 Å². The maximum absolute atomic E-state index is 11.1. The Morgan fingerprint density at radius 1 is 1.35 bits per heavy atom. The highest BCUT2D eigenvalue weighted by molar-refractivity contribution is 7.99. The van der Waals surface area contributed by atoms with Crippen molar-refractivity contribution in [1.82, 2.24) is 10.6 Å². The smallest absolute Gasteiger partial charge is 0.220 e. The SMILES string of the molecule is O=C1CCC(NC2CSc3ccccc32)CN1. The number of piperidine rings is 1. The third-order valence-corrected chi connectivity index (χ3v) is 4.59. The quantitative estimate of drug-likeness (QED) is 0.837. The van der Waals surface area contributed by atoms with E-state index in [1.165, 1.54) is 10.5 Å². The van der Waals surface area contributed by atoms with Gasteiger partial charge in [-0.3, -0.25) is 4.79 Å². The standard InChI is InChI=1S/C13H16N2OS/c16-13-6-5-9(7-14-13)15-11-8-17-12-4-2-1-3-10(11)12/h1-4,9,11,15H,5-8H2,(H,14,16). The Hall–Kier alpha value is -1.00. The zero-order valence-electron chi connectivity index (χ0n) is 9.61. The summed E-state index contributed by atoms with van der Waals surface area (Å²) in [6.45, 7) is 0.766. The molecule has 2 aliphatic heterocycles. The number of thioether (sulfide) groups is 1. The number of carbonyl (C=O) groups excluding carboxylic acids is 1. The second-order valence-corrected chi connectivity index (χ2v) is 5.67. The molecule has 0 spiro atoms. The predicted octanol–water partition coefficient (Wildman–Crippen LogP) is 1.70. The van der Waals surface area contributed by atoms with Crippen LogP contribution in [0.5, 0.6) is 0 Å². The van der Waals surface area contributed by atoms with Gasteiger partial charge in [0.2, 0.25) is 5.91 Å². The van der Waals surface area contributed by atoms with Gasteiger partial charge in [-0.2, -0.15) is 0 Å². The molecule has 3 nitrogen and oxygen atoms in total. The monoisotopic (exact) mass is 248 g/mol. The topological polar surface area (TPSA) is 41.1 Å². The molecule has 90 valence electrons. The van der Waals surface area contributed by atoms with Crippen molar-refractivity contribution in [3.63, 3.8) is 0 Å². The summed E-state index contributed by atoms with van der Waals surface area (Å²) in [4.78, 5) is 12.5. The van der Waals surface area contributed by atoms with E-state index in [1.54, 1.807) is 0 Å². The molecule has 2 atom stereocenters. The van der Waals surface area contributed by atoms with Gasteiger partial charge in [-0.1, -0.05) is 18.2 Å². The van der Waals surface area contributed by atoms with Crippen LogP contribution in [0.2, 0.25) is 0 Å². The van der Waals surface area contributed by atoms with Gasteiger partial charge in [-0.05, 0) is 18.1 Å². The fraction of sp³-hybridized carbons (Fsp3) is 0.462. The van der Waals surface area contributed by atoms with Gasteiger partial charge >= 0.3 is 0 Å². The van der Waals surface area contributed by atoms with Crippen molar-refractivity contribution in [3.8, 4) is 0 Å². The Balaban J connectivity index is 1.65. The molecule has 0 bridgehead atoms. The molecule has 0 radical (unpaired) electrons. The van der Waals surface area contributed by atoms with Crippen molar-refractivity contribution in [2.24, 2.45) is 0 Å². The molecular weight excluding hydrogens is 232 g/mol. The van der Waals surface area contributed by atoms with Crippen LogP contribution < -0.4 is 10.6 Å². The molecule has 0 aliphatic carbocycles. The van der Waals surface area contributed by atoms with Crippen LogP contribution in [0.1, 0.15) is 24.4 Å². The number of benzene rings is 1. The number of carbonyl (C=O) groups is 1. The average molecular weight is 248 g/mol. The molecule has 3 rings (SSSR count). The van der Waals surface area contributed by atoms with E-state index < -0.39 is 0 Å². The second-order valence-electron chi connectivity index (χ2n) is 4.61. The maximum atomic E-state index is 11.1. The minimum atomic E-state index is 0.184. The normalized spacial score (nSPS) is 27.6. The zero-order chi connectivity index (χ0) is 11.7. The van der Waals surface area contributed by atoms with Crippen molar-refractivity contribution in [1.29, 1.82) is 0 Å². The van der Waals surface area contributed by atoms with Crippen LogP contribution in [0, 0.1) is 0 Å². The highest BCUT2D eigenvalue weighted by Gasteiger charge is 2.26. The zero-order valence-corrected chi connectivity index (χ0v) is 10.4. The molecule has 1 aromatic carbocycles. The number of hydrogen-bond acceptors (Lipinski definition) is 3. The molecule has 1 amide bonds. The molecule has 1 aromatic rings. The molecule has 2 heterocycles. The fourth-order valence-electron chi connectivity index (χ4n) is 2.46. The van der Waals surface area contributed by atoms with Crippen LogP contribution in [0.15, 0.2) is 29.2 Å². The third kappa shape index (κ3) is 2.33. The molecule has 4 heteroatoms. The Labute approximate surface area is 105 Å². The summed E-state index contributed by atoms with van der Waals surface area (Å²) >= 11 is 1.92. The Bertz CT molecular complexity index is 425. The van der Waals surface area contributed by atoms with Gasteiger partial charge in [0.05, 0.1) is 0 Å². The van der Waals surface area contributed by atoms with E-state index in [-0.39, 0.29) is 5.91 Å². The van der Waals surface area contributed by atoms with Gasteiger partial charge < -0.3 is 10.6 Å². The van der Waals surface area contributed by atoms with E-state index in [0.29, 0.717) is 18.5 Å². The highest BCUT2D eigenvalue weighted by atomic mass is 32.2. The minimum absolute atomic E-state index is 0.184. The number of hydrogen-bond donors (Lipinski definition) is 2. The second kappa shape index (κ2) is 4.70. The van der Waals surface area contributed by atoms with E-state index in [9.17, 15) is 4.79 Å². The van der Waals surface area contributed by atoms with E-state index in [0.717, 1.165) is 18.7 Å². The molecule has 1 fully saturated rings. The van der Waals surface area contributed by atoms with Gasteiger partial charge in [0.15, 0.2) is 0 Å². The summed E-state index contributed by atoms with van der Waals surface area (Å²) in [5.41, 5.74) is 1.41. The first-order valence-electron chi connectivity index (χ1n) is 6.07. The number of nitrogens with one attached hydrogen (secondary N) is 2. The minimum Gasteiger partial charge on any atom is -0.355 e. The average Bonchev–Trinajstić information content (AvgIpc) is 2.76. The predicted molar refractivity (Wildman–Crippen MR) is 69.1 cm³/mol. The summed E-state index contributed by atoms with van der Waals surface area (Å²) in [5, 5.41) is 6.58.